The number of ether oxygens (including phenoxy) is 1. The molecule has 0 amide bonds. The highest BCUT2D eigenvalue weighted by atomic mass is 32.2. The number of nitrogen functional groups attached to an aromatic ring is 1. The maximum absolute atomic E-state index is 14.0. The summed E-state index contributed by atoms with van der Waals surface area (Å²) in [5, 5.41) is 3.86. The zero-order valence-electron chi connectivity index (χ0n) is 16.8. The molecule has 30 heavy (non-hydrogen) atoms. The van der Waals surface area contributed by atoms with Crippen molar-refractivity contribution in [2.75, 3.05) is 5.84 Å². The molecule has 0 fully saturated rings. The molecule has 0 aliphatic carbocycles. The van der Waals surface area contributed by atoms with Crippen molar-refractivity contribution in [3.05, 3.63) is 62.3 Å². The molecule has 1 heterocycles. The molecule has 4 N–H and O–H groups in total. The van der Waals surface area contributed by atoms with Crippen molar-refractivity contribution in [3.8, 4) is 16.5 Å². The Balaban J connectivity index is 2.19. The summed E-state index contributed by atoms with van der Waals surface area (Å²) in [5.74, 6) is -6.56. The summed E-state index contributed by atoms with van der Waals surface area (Å²) < 4.78 is 76.2. The molecule has 0 aliphatic heterocycles. The van der Waals surface area contributed by atoms with E-state index in [0.29, 0.717) is 0 Å². The Labute approximate surface area is 171 Å². The van der Waals surface area contributed by atoms with Gasteiger partial charge in [-0.05, 0) is 51.3 Å². The van der Waals surface area contributed by atoms with Crippen molar-refractivity contribution >= 4 is 10.7 Å². The summed E-state index contributed by atoms with van der Waals surface area (Å²) in [6.07, 6.45) is 0. The number of aromatic nitrogens is 3. The average molecular weight is 447 g/mol. The minimum Gasteiger partial charge on any atom is -0.429 e. The lowest BCUT2D eigenvalue weighted by Gasteiger charge is -2.14. The third-order valence-electron chi connectivity index (χ3n) is 5.18. The van der Waals surface area contributed by atoms with Gasteiger partial charge in [0, 0.05) is 11.1 Å². The van der Waals surface area contributed by atoms with Crippen LogP contribution in [0.3, 0.4) is 0 Å². The number of hydrogen-bond acceptors (Lipinski definition) is 2. The van der Waals surface area contributed by atoms with Crippen LogP contribution in [0.4, 0.5) is 22.0 Å². The molecule has 162 valence electrons. The smallest absolute Gasteiger partial charge is 0.271 e. The highest BCUT2D eigenvalue weighted by molar-refractivity contribution is 7.33. The van der Waals surface area contributed by atoms with Crippen molar-refractivity contribution in [2.45, 2.75) is 34.6 Å². The number of hydrogen-bond donors (Lipinski definition) is 3. The second kappa shape index (κ2) is 7.71. The van der Waals surface area contributed by atoms with Crippen LogP contribution in [0.5, 0.6) is 11.6 Å². The van der Waals surface area contributed by atoms with E-state index in [9.17, 15) is 22.0 Å². The maximum atomic E-state index is 14.0. The normalized spacial score (nSPS) is 11.7. The first-order chi connectivity index (χ1) is 14.0. The Kier molecular flexibility index (Phi) is 5.59. The molecular formula is C19H20F5N4OS+. The number of nitrogens with one attached hydrogen (secondary N) is 2. The molecule has 5 nitrogen and oxygen atoms in total. The number of nitrogens with zero attached hydrogens (tertiary/aromatic N) is 1. The van der Waals surface area contributed by atoms with Crippen molar-refractivity contribution < 1.29 is 26.7 Å². The fraction of sp³-hybridized carbons (Fsp3) is 0.263. The molecule has 2 aromatic carbocycles. The van der Waals surface area contributed by atoms with Gasteiger partial charge < -0.3 is 10.6 Å². The number of benzene rings is 2. The topological polar surface area (TPSA) is 71.8 Å². The number of aromatic amines is 2. The lowest BCUT2D eigenvalue weighted by Crippen LogP contribution is -2.17. The number of nitrogens with two attached hydrogens (primary N) is 1. The number of H-pyrrole nitrogens is 2. The molecular weight excluding hydrogens is 427 g/mol. The zero-order valence-corrected chi connectivity index (χ0v) is 17.6. The number of halogens is 5. The van der Waals surface area contributed by atoms with Crippen LogP contribution in [0.25, 0.3) is 4.90 Å². The molecule has 0 radical (unpaired) electrons. The minimum absolute atomic E-state index is 0.294. The molecule has 0 saturated carbocycles. The minimum atomic E-state index is -2.26. The summed E-state index contributed by atoms with van der Waals surface area (Å²) >= 11 is 0. The Bertz CT molecular complexity index is 1140. The van der Waals surface area contributed by atoms with Crippen LogP contribution < -0.4 is 10.6 Å². The average Bonchev–Trinajstić information content (AvgIpc) is 2.71. The fourth-order valence-corrected chi connectivity index (χ4v) is 4.94. The molecule has 0 bridgehead atoms. The molecule has 1 unspecified atom stereocenters. The van der Waals surface area contributed by atoms with Crippen LogP contribution in [-0.4, -0.2) is 14.5 Å². The molecule has 11 heteroatoms. The first kappa shape index (κ1) is 21.8. The second-order valence-corrected chi connectivity index (χ2v) is 8.35. The van der Waals surface area contributed by atoms with E-state index in [-0.39, 0.29) is 5.88 Å². The fourth-order valence-electron chi connectivity index (χ4n) is 3.14. The van der Waals surface area contributed by atoms with Crippen molar-refractivity contribution in [3.63, 3.8) is 0 Å². The monoisotopic (exact) mass is 447 g/mol. The number of rotatable bonds is 3. The van der Waals surface area contributed by atoms with Crippen LogP contribution >= 0.6 is 10.7 Å². The zero-order chi connectivity index (χ0) is 22.5. The van der Waals surface area contributed by atoms with Crippen molar-refractivity contribution in [2.24, 2.45) is 0 Å². The highest BCUT2D eigenvalue weighted by Gasteiger charge is 2.29. The summed E-state index contributed by atoms with van der Waals surface area (Å²) in [7, 11) is -0.927. The van der Waals surface area contributed by atoms with Crippen LogP contribution in [0.15, 0.2) is 5.38 Å². The molecule has 1 atom stereocenters. The van der Waals surface area contributed by atoms with E-state index in [4.69, 9.17) is 10.6 Å². The van der Waals surface area contributed by atoms with Gasteiger partial charge in [0.15, 0.2) is 0 Å². The third kappa shape index (κ3) is 3.42. The Morgan fingerprint density at radius 3 is 1.70 bits per heavy atom. The molecule has 0 saturated heterocycles. The van der Waals surface area contributed by atoms with Gasteiger partial charge in [-0.3, -0.25) is 0 Å². The standard InChI is InChI=1S/C19H20F5N4OS/c1-7-8(2)10(4)19(11(5)9(7)3)30-6-12(26-28(25)27-30)29-18-16(23)14(21)13(20)15(22)17(18)24/h6,26-27H,25H2,1-5H3/q+1. The lowest BCUT2D eigenvalue weighted by atomic mass is 9.95. The van der Waals surface area contributed by atoms with Gasteiger partial charge in [-0.15, -0.1) is 0 Å². The second-order valence-electron chi connectivity index (χ2n) is 6.85. The summed E-state index contributed by atoms with van der Waals surface area (Å²) in [6.45, 7) is 9.82. The molecule has 3 aromatic rings. The van der Waals surface area contributed by atoms with Gasteiger partial charge in [0.05, 0.1) is 0 Å². The van der Waals surface area contributed by atoms with Crippen molar-refractivity contribution in [1.82, 2.24) is 14.5 Å². The van der Waals surface area contributed by atoms with Crippen LogP contribution in [0.2, 0.25) is 0 Å². The van der Waals surface area contributed by atoms with E-state index in [0.717, 1.165) is 37.6 Å². The molecule has 0 aliphatic rings. The largest absolute Gasteiger partial charge is 0.429 e. The van der Waals surface area contributed by atoms with Crippen molar-refractivity contribution in [1.29, 1.82) is 0 Å². The molecule has 3 rings (SSSR count). The van der Waals surface area contributed by atoms with Crippen LogP contribution in [0, 0.1) is 63.7 Å². The molecule has 1 aromatic heterocycles. The Morgan fingerprint density at radius 2 is 1.20 bits per heavy atom. The van der Waals surface area contributed by atoms with Crippen LogP contribution in [-0.2, 0) is 0 Å². The van der Waals surface area contributed by atoms with E-state index < -0.39 is 45.5 Å². The van der Waals surface area contributed by atoms with Gasteiger partial charge in [0.2, 0.25) is 45.1 Å². The summed E-state index contributed by atoms with van der Waals surface area (Å²) in [5.41, 5.74) is 5.24. The quantitative estimate of drug-likeness (QED) is 0.157. The highest BCUT2D eigenvalue weighted by Crippen LogP contribution is 2.40. The summed E-state index contributed by atoms with van der Waals surface area (Å²) in [6, 6.07) is 0. The van der Waals surface area contributed by atoms with E-state index in [2.05, 4.69) is 9.59 Å². The van der Waals surface area contributed by atoms with Gasteiger partial charge in [-0.2, -0.15) is 8.78 Å². The van der Waals surface area contributed by atoms with Crippen LogP contribution in [0.1, 0.15) is 27.8 Å². The molecule has 0 spiro atoms. The van der Waals surface area contributed by atoms with Gasteiger partial charge in [-0.25, -0.2) is 18.3 Å². The summed E-state index contributed by atoms with van der Waals surface area (Å²) in [4.78, 5) is 1.78. The third-order valence-corrected chi connectivity index (χ3v) is 7.08. The van der Waals surface area contributed by atoms with E-state index in [1.54, 1.807) is 0 Å². The SMILES string of the molecule is Cc1c(C)c(C)c(-[s+]2cc(Oc3c(F)c(F)c(F)c(F)c3F)[nH]n(N)[nH]2)c(C)c1C. The van der Waals surface area contributed by atoms with Gasteiger partial charge in [-0.1, -0.05) is 9.39 Å². The van der Waals surface area contributed by atoms with Gasteiger partial charge in [0.25, 0.3) is 5.88 Å². The van der Waals surface area contributed by atoms with E-state index >= 15 is 0 Å². The predicted octanol–water partition coefficient (Wildman–Crippen LogP) is 5.75. The first-order valence-electron chi connectivity index (χ1n) is 8.74. The van der Waals surface area contributed by atoms with E-state index in [1.807, 2.05) is 34.6 Å². The first-order valence-corrected chi connectivity index (χ1v) is 10.0. The lowest BCUT2D eigenvalue weighted by molar-refractivity contribution is 0.324. The van der Waals surface area contributed by atoms with E-state index in [1.165, 1.54) is 5.38 Å². The predicted molar refractivity (Wildman–Crippen MR) is 105 cm³/mol. The Hall–Kier alpha value is -2.95. The maximum Gasteiger partial charge on any atom is 0.271 e. The Morgan fingerprint density at radius 1 is 0.767 bits per heavy atom. The van der Waals surface area contributed by atoms with Gasteiger partial charge >= 0.3 is 0 Å². The van der Waals surface area contributed by atoms with Gasteiger partial charge in [0.1, 0.15) is 10.7 Å².